The fourth-order valence-electron chi connectivity index (χ4n) is 6.49. The number of hydrogen-bond donors (Lipinski definition) is 3. The number of rotatable bonds is 14. The average molecular weight is 794 g/mol. The van der Waals surface area contributed by atoms with Crippen molar-refractivity contribution in [1.29, 1.82) is 0 Å². The van der Waals surface area contributed by atoms with E-state index in [4.69, 9.17) is 14.5 Å². The first-order chi connectivity index (χ1) is 26.6. The van der Waals surface area contributed by atoms with E-state index in [2.05, 4.69) is 23.0 Å². The maximum atomic E-state index is 13.6. The first-order valence-electron chi connectivity index (χ1n) is 18.1. The highest BCUT2D eigenvalue weighted by Crippen LogP contribution is 2.43. The largest absolute Gasteiger partial charge is 0.392 e. The van der Waals surface area contributed by atoms with E-state index >= 15 is 0 Å². The highest BCUT2D eigenvalue weighted by Gasteiger charge is 2.38. The van der Waals surface area contributed by atoms with Gasteiger partial charge in [-0.25, -0.2) is 13.4 Å². The van der Waals surface area contributed by atoms with Gasteiger partial charge < -0.3 is 19.9 Å². The number of aromatic nitrogens is 1. The minimum atomic E-state index is -3.96. The number of carbonyl (C=O) groups excluding carboxylic acids is 1. The zero-order chi connectivity index (χ0) is 38.4. The monoisotopic (exact) mass is 793 g/mol. The van der Waals surface area contributed by atoms with Crippen LogP contribution in [0.25, 0.3) is 10.2 Å². The Hall–Kier alpha value is -4.40. The van der Waals surface area contributed by atoms with Crippen molar-refractivity contribution in [2.75, 3.05) is 5.75 Å². The van der Waals surface area contributed by atoms with Gasteiger partial charge in [-0.2, -0.15) is 4.72 Å². The van der Waals surface area contributed by atoms with Gasteiger partial charge in [0, 0.05) is 23.8 Å². The van der Waals surface area contributed by atoms with Crippen LogP contribution in [0.4, 0.5) is 0 Å². The van der Waals surface area contributed by atoms with Crippen molar-refractivity contribution < 1.29 is 27.8 Å². The molecule has 7 rings (SSSR count). The summed E-state index contributed by atoms with van der Waals surface area (Å²) in [4.78, 5) is 18.5. The molecule has 1 aliphatic heterocycles. The Labute approximate surface area is 330 Å². The van der Waals surface area contributed by atoms with E-state index in [1.54, 1.807) is 35.2 Å². The first kappa shape index (κ1) is 38.9. The van der Waals surface area contributed by atoms with Crippen molar-refractivity contribution in [2.24, 2.45) is 5.92 Å². The molecule has 55 heavy (non-hydrogen) atoms. The molecule has 6 aromatic rings. The molecule has 0 bridgehead atoms. The second kappa shape index (κ2) is 17.6. The van der Waals surface area contributed by atoms with E-state index < -0.39 is 28.3 Å². The Morgan fingerprint density at radius 2 is 1.51 bits per heavy atom. The number of thioether (sulfide) groups is 1. The summed E-state index contributed by atoms with van der Waals surface area (Å²) in [5.74, 6) is 0.286. The van der Waals surface area contributed by atoms with Crippen LogP contribution in [0.1, 0.15) is 52.7 Å². The molecular weight excluding hydrogens is 751 g/mol. The summed E-state index contributed by atoms with van der Waals surface area (Å²) in [5, 5.41) is 12.6. The van der Waals surface area contributed by atoms with Crippen LogP contribution in [-0.2, 0) is 43.9 Å². The summed E-state index contributed by atoms with van der Waals surface area (Å²) in [6.07, 6.45) is -0.859. The fourth-order valence-corrected chi connectivity index (χ4v) is 9.94. The normalized spacial score (nSPS) is 19.3. The summed E-state index contributed by atoms with van der Waals surface area (Å²) in [7, 11) is -3.96. The SMILES string of the molecule is Cc1ccc(S(=O)(=O)N[C@H](Cc2ccccc2)C(=O)NCc2ccc([C@H]3O[C@@H](CSc4nc5ccccc5s4)[C@@H](C)[C@@H](c4ccc(CO)cc4)O3)cc2)cc1. The average Bonchev–Trinajstić information content (AvgIpc) is 3.63. The molecule has 1 saturated heterocycles. The van der Waals surface area contributed by atoms with E-state index in [9.17, 15) is 18.3 Å². The summed E-state index contributed by atoms with van der Waals surface area (Å²) in [5.41, 5.74) is 6.27. The molecule has 1 amide bonds. The summed E-state index contributed by atoms with van der Waals surface area (Å²) in [6, 6.07) is 38.5. The highest BCUT2D eigenvalue weighted by atomic mass is 32.2. The van der Waals surface area contributed by atoms with Crippen molar-refractivity contribution >= 4 is 49.2 Å². The Balaban J connectivity index is 1.05. The fraction of sp³-hybridized carbons (Fsp3) is 0.256. The third-order valence-corrected chi connectivity index (χ3v) is 13.5. The van der Waals surface area contributed by atoms with Gasteiger partial charge in [-0.1, -0.05) is 127 Å². The molecule has 0 spiro atoms. The first-order valence-corrected chi connectivity index (χ1v) is 21.4. The van der Waals surface area contributed by atoms with E-state index in [-0.39, 0.29) is 42.6 Å². The number of ether oxygens (including phenoxy) is 2. The predicted octanol–water partition coefficient (Wildman–Crippen LogP) is 7.89. The van der Waals surface area contributed by atoms with Gasteiger partial charge in [0.15, 0.2) is 10.6 Å². The smallest absolute Gasteiger partial charge is 0.241 e. The van der Waals surface area contributed by atoms with Crippen molar-refractivity contribution in [1.82, 2.24) is 15.0 Å². The lowest BCUT2D eigenvalue weighted by molar-refractivity contribution is -0.268. The summed E-state index contributed by atoms with van der Waals surface area (Å²) in [6.45, 7) is 4.19. The topological polar surface area (TPSA) is 127 Å². The van der Waals surface area contributed by atoms with Gasteiger partial charge in [-0.05, 0) is 59.9 Å². The van der Waals surface area contributed by atoms with E-state index in [0.29, 0.717) is 5.75 Å². The number of amides is 1. The quantitative estimate of drug-likeness (QED) is 0.0952. The van der Waals surface area contributed by atoms with Gasteiger partial charge in [-0.3, -0.25) is 4.79 Å². The van der Waals surface area contributed by atoms with Crippen LogP contribution < -0.4 is 10.0 Å². The van der Waals surface area contributed by atoms with Crippen LogP contribution in [0, 0.1) is 12.8 Å². The molecule has 0 aliphatic carbocycles. The number of benzene rings is 5. The summed E-state index contributed by atoms with van der Waals surface area (Å²) < 4.78 is 44.7. The molecule has 5 aromatic carbocycles. The van der Waals surface area contributed by atoms with Crippen LogP contribution in [0.5, 0.6) is 0 Å². The zero-order valence-electron chi connectivity index (χ0n) is 30.5. The number of nitrogens with zero attached hydrogens (tertiary/aromatic N) is 1. The minimum Gasteiger partial charge on any atom is -0.392 e. The maximum Gasteiger partial charge on any atom is 0.241 e. The van der Waals surface area contributed by atoms with E-state index in [1.165, 1.54) is 12.1 Å². The van der Waals surface area contributed by atoms with Crippen molar-refractivity contribution in [3.05, 3.63) is 161 Å². The van der Waals surface area contributed by atoms with Gasteiger partial charge in [0.2, 0.25) is 15.9 Å². The Morgan fingerprint density at radius 3 is 2.22 bits per heavy atom. The van der Waals surface area contributed by atoms with Gasteiger partial charge in [0.25, 0.3) is 0 Å². The molecular formula is C43H43N3O6S3. The number of carbonyl (C=O) groups is 1. The van der Waals surface area contributed by atoms with Crippen LogP contribution in [0.2, 0.25) is 0 Å². The van der Waals surface area contributed by atoms with E-state index in [0.717, 1.165) is 47.9 Å². The van der Waals surface area contributed by atoms with Crippen molar-refractivity contribution in [2.45, 2.75) is 67.2 Å². The minimum absolute atomic E-state index is 0.0276. The molecule has 12 heteroatoms. The standard InChI is InChI=1S/C43H43N3O6S3/c1-28-12-22-35(23-13-28)55(49,50)46-37(24-30-8-4-3-5-9-30)41(48)44-25-31-14-20-34(21-15-31)42-51-38(27-53-43-45-36-10-6-7-11-39(36)54-43)29(2)40(52-42)33-18-16-32(26-47)17-19-33/h3-23,29,37-38,40,42,46-47H,24-27H2,1-2H3,(H,44,48)/t29-,37-,38+,40+,42+/m1/s1. The summed E-state index contributed by atoms with van der Waals surface area (Å²) >= 11 is 3.36. The second-order valence-electron chi connectivity index (χ2n) is 13.7. The predicted molar refractivity (Wildman–Crippen MR) is 217 cm³/mol. The Morgan fingerprint density at radius 1 is 0.836 bits per heavy atom. The Bertz CT molecular complexity index is 2270. The lowest BCUT2D eigenvalue weighted by Crippen LogP contribution is -2.47. The third-order valence-electron chi connectivity index (χ3n) is 9.72. The van der Waals surface area contributed by atoms with Crippen LogP contribution in [0.15, 0.2) is 137 Å². The number of nitrogens with one attached hydrogen (secondary N) is 2. The highest BCUT2D eigenvalue weighted by molar-refractivity contribution is 8.01. The number of hydrogen-bond acceptors (Lipinski definition) is 9. The van der Waals surface area contributed by atoms with Crippen LogP contribution >= 0.6 is 23.1 Å². The second-order valence-corrected chi connectivity index (χ2v) is 17.7. The molecule has 3 N–H and O–H groups in total. The molecule has 284 valence electrons. The zero-order valence-corrected chi connectivity index (χ0v) is 32.9. The van der Waals surface area contributed by atoms with Crippen molar-refractivity contribution in [3.8, 4) is 0 Å². The molecule has 9 nitrogen and oxygen atoms in total. The Kier molecular flexibility index (Phi) is 12.4. The van der Waals surface area contributed by atoms with Gasteiger partial charge in [0.05, 0.1) is 33.9 Å². The lowest BCUT2D eigenvalue weighted by Gasteiger charge is -2.41. The third kappa shape index (κ3) is 9.71. The number of fused-ring (bicyclic) bond motifs is 1. The molecule has 1 aliphatic rings. The molecule has 5 atom stereocenters. The molecule has 1 aromatic heterocycles. The van der Waals surface area contributed by atoms with Gasteiger partial charge >= 0.3 is 0 Å². The molecule has 0 radical (unpaired) electrons. The lowest BCUT2D eigenvalue weighted by atomic mass is 9.91. The maximum absolute atomic E-state index is 13.6. The van der Waals surface area contributed by atoms with Crippen LogP contribution in [-0.4, -0.2) is 42.3 Å². The number of sulfonamides is 1. The van der Waals surface area contributed by atoms with Gasteiger partial charge in [-0.15, -0.1) is 11.3 Å². The van der Waals surface area contributed by atoms with Crippen LogP contribution in [0.3, 0.4) is 0 Å². The molecule has 0 saturated carbocycles. The number of aliphatic hydroxyl groups excluding tert-OH is 1. The number of aryl methyl sites for hydroxylation is 1. The molecule has 1 fully saturated rings. The van der Waals surface area contributed by atoms with E-state index in [1.807, 2.05) is 104 Å². The number of aliphatic hydroxyl groups is 1. The molecule has 0 unspecified atom stereocenters. The van der Waals surface area contributed by atoms with Crippen molar-refractivity contribution in [3.63, 3.8) is 0 Å². The van der Waals surface area contributed by atoms with Gasteiger partial charge in [0.1, 0.15) is 6.04 Å². The number of para-hydroxylation sites is 1. The molecule has 2 heterocycles. The number of thiazole rings is 1.